The molecule has 4 nitrogen and oxygen atoms in total. The fourth-order valence-electron chi connectivity index (χ4n) is 2.08. The third-order valence-corrected chi connectivity index (χ3v) is 3.73. The van der Waals surface area contributed by atoms with E-state index in [2.05, 4.69) is 21.2 Å². The molecule has 0 heterocycles. The second-order valence-electron chi connectivity index (χ2n) is 4.92. The van der Waals surface area contributed by atoms with Gasteiger partial charge in [0.15, 0.2) is 0 Å². The standard InChI is InChI=1S/C17H18BrNO3/c1-12-10-14(17(20)21)16(15(18)11-12)19-8-5-9-22-13-6-3-2-4-7-13/h2-4,6-7,10-11,19H,5,8-9H2,1H3,(H,20,21). The predicted molar refractivity (Wildman–Crippen MR) is 90.9 cm³/mol. The Hall–Kier alpha value is -2.01. The molecule has 0 unspecified atom stereocenters. The third-order valence-electron chi connectivity index (χ3n) is 3.10. The molecule has 0 radical (unpaired) electrons. The van der Waals surface area contributed by atoms with Gasteiger partial charge in [-0.25, -0.2) is 4.79 Å². The first-order chi connectivity index (χ1) is 10.6. The SMILES string of the molecule is Cc1cc(Br)c(NCCCOc2ccccc2)c(C(=O)O)c1. The topological polar surface area (TPSA) is 58.6 Å². The molecule has 0 atom stereocenters. The van der Waals surface area contributed by atoms with Crippen LogP contribution >= 0.6 is 15.9 Å². The van der Waals surface area contributed by atoms with Gasteiger partial charge in [-0.1, -0.05) is 18.2 Å². The van der Waals surface area contributed by atoms with E-state index in [1.807, 2.05) is 43.3 Å². The van der Waals surface area contributed by atoms with Gasteiger partial charge in [0.1, 0.15) is 5.75 Å². The molecule has 0 bridgehead atoms. The largest absolute Gasteiger partial charge is 0.494 e. The Bertz CT molecular complexity index is 644. The summed E-state index contributed by atoms with van der Waals surface area (Å²) in [5, 5.41) is 12.4. The van der Waals surface area contributed by atoms with Crippen molar-refractivity contribution < 1.29 is 14.6 Å². The highest BCUT2D eigenvalue weighted by atomic mass is 79.9. The van der Waals surface area contributed by atoms with Gasteiger partial charge in [-0.15, -0.1) is 0 Å². The van der Waals surface area contributed by atoms with Crippen molar-refractivity contribution in [2.45, 2.75) is 13.3 Å². The molecule has 0 fully saturated rings. The number of hydrogen-bond donors (Lipinski definition) is 2. The van der Waals surface area contributed by atoms with Gasteiger partial charge >= 0.3 is 5.97 Å². The first kappa shape index (κ1) is 16.4. The number of carboxylic acids is 1. The first-order valence-electron chi connectivity index (χ1n) is 7.03. The number of nitrogens with one attached hydrogen (secondary N) is 1. The van der Waals surface area contributed by atoms with Crippen molar-refractivity contribution >= 4 is 27.6 Å². The Labute approximate surface area is 138 Å². The Balaban J connectivity index is 1.88. The molecular weight excluding hydrogens is 346 g/mol. The molecular formula is C17H18BrNO3. The molecule has 0 aliphatic carbocycles. The fourth-order valence-corrected chi connectivity index (χ4v) is 2.80. The summed E-state index contributed by atoms with van der Waals surface area (Å²) in [5.74, 6) is -0.0994. The number of aryl methyl sites for hydroxylation is 1. The molecule has 0 amide bonds. The maximum atomic E-state index is 11.3. The van der Waals surface area contributed by atoms with Crippen LogP contribution in [0.5, 0.6) is 5.75 Å². The summed E-state index contributed by atoms with van der Waals surface area (Å²) >= 11 is 3.42. The minimum absolute atomic E-state index is 0.274. The highest BCUT2D eigenvalue weighted by Crippen LogP contribution is 2.28. The van der Waals surface area contributed by atoms with E-state index in [0.29, 0.717) is 18.8 Å². The smallest absolute Gasteiger partial charge is 0.337 e. The van der Waals surface area contributed by atoms with Crippen LogP contribution in [0.15, 0.2) is 46.9 Å². The number of rotatable bonds is 7. The zero-order valence-electron chi connectivity index (χ0n) is 12.3. The van der Waals surface area contributed by atoms with Crippen LogP contribution in [-0.4, -0.2) is 24.2 Å². The molecule has 0 aliphatic heterocycles. The lowest BCUT2D eigenvalue weighted by Crippen LogP contribution is -2.11. The van der Waals surface area contributed by atoms with Crippen LogP contribution < -0.4 is 10.1 Å². The van der Waals surface area contributed by atoms with Crippen LogP contribution in [0.3, 0.4) is 0 Å². The Kier molecular flexibility index (Phi) is 5.83. The van der Waals surface area contributed by atoms with Crippen molar-refractivity contribution in [2.75, 3.05) is 18.5 Å². The minimum Gasteiger partial charge on any atom is -0.494 e. The average Bonchev–Trinajstić information content (AvgIpc) is 2.49. The van der Waals surface area contributed by atoms with E-state index in [4.69, 9.17) is 4.74 Å². The highest BCUT2D eigenvalue weighted by molar-refractivity contribution is 9.10. The molecule has 0 saturated carbocycles. The van der Waals surface area contributed by atoms with Gasteiger partial charge in [0.25, 0.3) is 0 Å². The summed E-state index contributed by atoms with van der Waals surface area (Å²) in [6.45, 7) is 3.08. The molecule has 2 rings (SSSR count). The van der Waals surface area contributed by atoms with Gasteiger partial charge in [0, 0.05) is 11.0 Å². The van der Waals surface area contributed by atoms with E-state index < -0.39 is 5.97 Å². The van der Waals surface area contributed by atoms with Gasteiger partial charge in [0.05, 0.1) is 17.9 Å². The van der Waals surface area contributed by atoms with Crippen molar-refractivity contribution in [1.29, 1.82) is 0 Å². The lowest BCUT2D eigenvalue weighted by molar-refractivity contribution is 0.0697. The summed E-state index contributed by atoms with van der Waals surface area (Å²) in [6.07, 6.45) is 0.772. The number of hydrogen-bond acceptors (Lipinski definition) is 3. The van der Waals surface area contributed by atoms with Crippen LogP contribution in [0.4, 0.5) is 5.69 Å². The molecule has 0 saturated heterocycles. The molecule has 0 aromatic heterocycles. The van der Waals surface area contributed by atoms with Gasteiger partial charge in [-0.2, -0.15) is 0 Å². The lowest BCUT2D eigenvalue weighted by atomic mass is 10.1. The number of carbonyl (C=O) groups is 1. The molecule has 116 valence electrons. The van der Waals surface area contributed by atoms with E-state index in [9.17, 15) is 9.90 Å². The summed E-state index contributed by atoms with van der Waals surface area (Å²) in [4.78, 5) is 11.3. The lowest BCUT2D eigenvalue weighted by Gasteiger charge is -2.13. The van der Waals surface area contributed by atoms with E-state index in [0.717, 1.165) is 22.2 Å². The van der Waals surface area contributed by atoms with Crippen LogP contribution in [-0.2, 0) is 0 Å². The Morgan fingerprint density at radius 2 is 2.00 bits per heavy atom. The molecule has 2 N–H and O–H groups in total. The van der Waals surface area contributed by atoms with E-state index >= 15 is 0 Å². The number of ether oxygens (including phenoxy) is 1. The van der Waals surface area contributed by atoms with Crippen LogP contribution in [0.1, 0.15) is 22.3 Å². The number of carboxylic acid groups (broad SMARTS) is 1. The zero-order chi connectivity index (χ0) is 15.9. The Morgan fingerprint density at radius 3 is 2.68 bits per heavy atom. The van der Waals surface area contributed by atoms with Gasteiger partial charge in [-0.05, 0) is 59.1 Å². The van der Waals surface area contributed by atoms with Crippen molar-refractivity contribution in [3.05, 3.63) is 58.1 Å². The summed E-state index contributed by atoms with van der Waals surface area (Å²) in [5.41, 5.74) is 1.79. The van der Waals surface area contributed by atoms with Gasteiger partial charge < -0.3 is 15.2 Å². The maximum absolute atomic E-state index is 11.3. The summed E-state index contributed by atoms with van der Waals surface area (Å²) < 4.78 is 6.36. The second-order valence-corrected chi connectivity index (χ2v) is 5.77. The number of aromatic carboxylic acids is 1. The Morgan fingerprint density at radius 1 is 1.27 bits per heavy atom. The number of halogens is 1. The minimum atomic E-state index is -0.938. The number of benzene rings is 2. The number of anilines is 1. The van der Waals surface area contributed by atoms with E-state index in [1.54, 1.807) is 6.07 Å². The van der Waals surface area contributed by atoms with E-state index in [1.165, 1.54) is 0 Å². The third kappa shape index (κ3) is 4.49. The fraction of sp³-hybridized carbons (Fsp3) is 0.235. The van der Waals surface area contributed by atoms with Crippen molar-refractivity contribution in [3.8, 4) is 5.75 Å². The maximum Gasteiger partial charge on any atom is 0.337 e. The van der Waals surface area contributed by atoms with Crippen LogP contribution in [0, 0.1) is 6.92 Å². The average molecular weight is 364 g/mol. The molecule has 2 aromatic rings. The zero-order valence-corrected chi connectivity index (χ0v) is 13.9. The normalized spacial score (nSPS) is 10.3. The number of para-hydroxylation sites is 1. The van der Waals surface area contributed by atoms with Crippen molar-refractivity contribution in [1.82, 2.24) is 0 Å². The van der Waals surface area contributed by atoms with Crippen LogP contribution in [0.25, 0.3) is 0 Å². The summed E-state index contributed by atoms with van der Waals surface area (Å²) in [6, 6.07) is 13.2. The molecule has 5 heteroatoms. The van der Waals surface area contributed by atoms with Crippen molar-refractivity contribution in [2.24, 2.45) is 0 Å². The highest BCUT2D eigenvalue weighted by Gasteiger charge is 2.13. The molecule has 0 spiro atoms. The predicted octanol–water partition coefficient (Wildman–Crippen LogP) is 4.34. The monoisotopic (exact) mass is 363 g/mol. The second kappa shape index (κ2) is 7.84. The molecule has 0 aliphatic rings. The van der Waals surface area contributed by atoms with Crippen LogP contribution in [0.2, 0.25) is 0 Å². The van der Waals surface area contributed by atoms with E-state index in [-0.39, 0.29) is 5.56 Å². The summed E-state index contributed by atoms with van der Waals surface area (Å²) in [7, 11) is 0. The van der Waals surface area contributed by atoms with Crippen molar-refractivity contribution in [3.63, 3.8) is 0 Å². The molecule has 2 aromatic carbocycles. The quantitative estimate of drug-likeness (QED) is 0.718. The molecule has 22 heavy (non-hydrogen) atoms. The first-order valence-corrected chi connectivity index (χ1v) is 7.82. The van der Waals surface area contributed by atoms with Gasteiger partial charge in [-0.3, -0.25) is 0 Å². The van der Waals surface area contributed by atoms with Gasteiger partial charge in [0.2, 0.25) is 0 Å².